The summed E-state index contributed by atoms with van der Waals surface area (Å²) in [5, 5.41) is 3.64. The van der Waals surface area contributed by atoms with Gasteiger partial charge in [-0.2, -0.15) is 4.31 Å². The Labute approximate surface area is 209 Å². The molecule has 2 N–H and O–H groups in total. The van der Waals surface area contributed by atoms with E-state index in [1.54, 1.807) is 12.1 Å². The summed E-state index contributed by atoms with van der Waals surface area (Å²) in [6.07, 6.45) is 2.14. The Balaban J connectivity index is 1.34. The lowest BCUT2D eigenvalue weighted by atomic mass is 10.2. The number of fused-ring (bicyclic) bond motifs is 1. The third kappa shape index (κ3) is 5.32. The highest BCUT2D eigenvalue weighted by molar-refractivity contribution is 7.99. The molecule has 0 spiro atoms. The second kappa shape index (κ2) is 10.2. The van der Waals surface area contributed by atoms with Crippen molar-refractivity contribution >= 4 is 50.1 Å². The minimum Gasteiger partial charge on any atom is -0.379 e. The maximum Gasteiger partial charge on any atom is 0.243 e. The second-order valence-electron chi connectivity index (χ2n) is 8.79. The second-order valence-corrected chi connectivity index (χ2v) is 11.7. The highest BCUT2D eigenvalue weighted by Gasteiger charge is 2.28. The van der Waals surface area contributed by atoms with Crippen molar-refractivity contribution in [2.24, 2.45) is 0 Å². The monoisotopic (exact) mass is 515 g/mol. The number of nitrogens with one attached hydrogen (secondary N) is 2. The number of carbonyl (C=O) groups is 1. The summed E-state index contributed by atoms with van der Waals surface area (Å²) in [6, 6.07) is 11.0. The van der Waals surface area contributed by atoms with Crippen LogP contribution in [0.1, 0.15) is 18.4 Å². The van der Waals surface area contributed by atoms with Crippen molar-refractivity contribution in [3.63, 3.8) is 0 Å². The number of aryl methyl sites for hydroxylation is 1. The van der Waals surface area contributed by atoms with Gasteiger partial charge in [-0.3, -0.25) is 4.79 Å². The summed E-state index contributed by atoms with van der Waals surface area (Å²) in [4.78, 5) is 23.1. The van der Waals surface area contributed by atoms with E-state index in [4.69, 9.17) is 4.74 Å². The van der Waals surface area contributed by atoms with Gasteiger partial charge in [0.2, 0.25) is 15.9 Å². The predicted octanol–water partition coefficient (Wildman–Crippen LogP) is 3.22. The van der Waals surface area contributed by atoms with E-state index < -0.39 is 10.0 Å². The van der Waals surface area contributed by atoms with Crippen molar-refractivity contribution in [3.05, 3.63) is 42.0 Å². The van der Waals surface area contributed by atoms with Gasteiger partial charge in [-0.1, -0.05) is 17.8 Å². The normalized spacial score (nSPS) is 17.2. The average Bonchev–Trinajstić information content (AvgIpc) is 3.53. The molecule has 3 aromatic rings. The van der Waals surface area contributed by atoms with Crippen LogP contribution in [0.15, 0.2) is 46.5 Å². The SMILES string of the molecule is Cc1ccc2nc(SCC(=O)Nc3cc(S(=O)(=O)N4CCOCC4)ccc3N3CCCC3)[nH]c2c1. The molecule has 3 heterocycles. The number of ether oxygens (including phenoxy) is 1. The van der Waals surface area contributed by atoms with Crippen LogP contribution in [-0.2, 0) is 19.6 Å². The molecule has 0 aliphatic carbocycles. The Kier molecular flexibility index (Phi) is 7.01. The van der Waals surface area contributed by atoms with E-state index in [9.17, 15) is 13.2 Å². The van der Waals surface area contributed by atoms with Crippen LogP contribution in [-0.4, -0.2) is 73.7 Å². The molecule has 1 amide bonds. The van der Waals surface area contributed by atoms with Crippen LogP contribution < -0.4 is 10.2 Å². The Bertz CT molecular complexity index is 1330. The van der Waals surface area contributed by atoms with E-state index in [-0.39, 0.29) is 16.6 Å². The van der Waals surface area contributed by atoms with Gasteiger partial charge in [-0.05, 0) is 55.7 Å². The van der Waals surface area contributed by atoms with Gasteiger partial charge in [-0.15, -0.1) is 0 Å². The number of rotatable bonds is 7. The molecule has 35 heavy (non-hydrogen) atoms. The molecule has 2 fully saturated rings. The fourth-order valence-electron chi connectivity index (χ4n) is 4.43. The first-order chi connectivity index (χ1) is 16.9. The lowest BCUT2D eigenvalue weighted by Crippen LogP contribution is -2.40. The Morgan fingerprint density at radius 3 is 2.66 bits per heavy atom. The highest BCUT2D eigenvalue weighted by atomic mass is 32.2. The Hall–Kier alpha value is -2.60. The molecule has 0 saturated carbocycles. The maximum atomic E-state index is 13.2. The molecule has 0 unspecified atom stereocenters. The predicted molar refractivity (Wildman–Crippen MR) is 138 cm³/mol. The van der Waals surface area contributed by atoms with Crippen LogP contribution in [0, 0.1) is 6.92 Å². The number of benzene rings is 2. The van der Waals surface area contributed by atoms with Gasteiger partial charge in [0.1, 0.15) is 0 Å². The molecule has 1 aromatic heterocycles. The fourth-order valence-corrected chi connectivity index (χ4v) is 6.55. The number of hydrogen-bond donors (Lipinski definition) is 2. The first-order valence-corrected chi connectivity index (χ1v) is 14.2. The number of H-pyrrole nitrogens is 1. The van der Waals surface area contributed by atoms with Gasteiger partial charge < -0.3 is 19.9 Å². The van der Waals surface area contributed by atoms with Crippen molar-refractivity contribution < 1.29 is 17.9 Å². The number of carbonyl (C=O) groups excluding carboxylic acids is 1. The summed E-state index contributed by atoms with van der Waals surface area (Å²) >= 11 is 1.32. The summed E-state index contributed by atoms with van der Waals surface area (Å²) in [5.74, 6) is -0.0633. The topological polar surface area (TPSA) is 108 Å². The number of hydrogen-bond acceptors (Lipinski definition) is 7. The van der Waals surface area contributed by atoms with Gasteiger partial charge in [-0.25, -0.2) is 13.4 Å². The standard InChI is InChI=1S/C24H29N5O4S2/c1-17-4-6-19-20(14-17)27-24(26-19)34-16-23(30)25-21-15-18(5-7-22(21)28-8-2-3-9-28)35(31,32)29-10-12-33-13-11-29/h4-7,14-15H,2-3,8-13,16H2,1H3,(H,25,30)(H,26,27). The molecule has 0 atom stereocenters. The molecule has 186 valence electrons. The van der Waals surface area contributed by atoms with Crippen LogP contribution in [0.5, 0.6) is 0 Å². The molecular formula is C24H29N5O4S2. The van der Waals surface area contributed by atoms with Gasteiger partial charge in [0, 0.05) is 26.2 Å². The molecule has 0 radical (unpaired) electrons. The van der Waals surface area contributed by atoms with Gasteiger partial charge in [0.05, 0.1) is 46.3 Å². The van der Waals surface area contributed by atoms with E-state index in [1.165, 1.54) is 16.1 Å². The summed E-state index contributed by atoms with van der Waals surface area (Å²) in [7, 11) is -3.67. The first-order valence-electron chi connectivity index (χ1n) is 11.8. The lowest BCUT2D eigenvalue weighted by molar-refractivity contribution is -0.113. The number of nitrogens with zero attached hydrogens (tertiary/aromatic N) is 3. The van der Waals surface area contributed by atoms with Crippen LogP contribution in [0.3, 0.4) is 0 Å². The van der Waals surface area contributed by atoms with E-state index in [1.807, 2.05) is 31.2 Å². The first kappa shape index (κ1) is 24.1. The van der Waals surface area contributed by atoms with Crippen molar-refractivity contribution in [2.45, 2.75) is 29.8 Å². The van der Waals surface area contributed by atoms with Crippen LogP contribution >= 0.6 is 11.8 Å². The molecule has 11 heteroatoms. The van der Waals surface area contributed by atoms with Crippen LogP contribution in [0.4, 0.5) is 11.4 Å². The zero-order chi connectivity index (χ0) is 24.4. The molecule has 2 aliphatic rings. The lowest BCUT2D eigenvalue weighted by Gasteiger charge is -2.27. The molecule has 2 aromatic carbocycles. The van der Waals surface area contributed by atoms with Crippen molar-refractivity contribution in [1.29, 1.82) is 0 Å². The molecule has 2 aliphatic heterocycles. The summed E-state index contributed by atoms with van der Waals surface area (Å²) in [6.45, 7) is 5.20. The zero-order valence-electron chi connectivity index (χ0n) is 19.6. The smallest absolute Gasteiger partial charge is 0.243 e. The molecular weight excluding hydrogens is 486 g/mol. The zero-order valence-corrected chi connectivity index (χ0v) is 21.3. The number of anilines is 2. The number of imidazole rings is 1. The largest absolute Gasteiger partial charge is 0.379 e. The van der Waals surface area contributed by atoms with E-state index in [0.717, 1.165) is 48.2 Å². The van der Waals surface area contributed by atoms with Gasteiger partial charge in [0.25, 0.3) is 0 Å². The van der Waals surface area contributed by atoms with E-state index in [2.05, 4.69) is 20.2 Å². The number of morpholine rings is 1. The summed E-state index contributed by atoms with van der Waals surface area (Å²) in [5.41, 5.74) is 4.30. The third-order valence-electron chi connectivity index (χ3n) is 6.25. The Morgan fingerprint density at radius 2 is 1.89 bits per heavy atom. The summed E-state index contributed by atoms with van der Waals surface area (Å²) < 4.78 is 33.1. The molecule has 0 bridgehead atoms. The number of sulfonamides is 1. The molecule has 2 saturated heterocycles. The van der Waals surface area contributed by atoms with Crippen LogP contribution in [0.25, 0.3) is 11.0 Å². The number of aromatic nitrogens is 2. The number of thioether (sulfide) groups is 1. The van der Waals surface area contributed by atoms with E-state index in [0.29, 0.717) is 37.1 Å². The number of aromatic amines is 1. The molecule has 5 rings (SSSR count). The maximum absolute atomic E-state index is 13.2. The van der Waals surface area contributed by atoms with E-state index >= 15 is 0 Å². The van der Waals surface area contributed by atoms with Gasteiger partial charge in [0.15, 0.2) is 5.16 Å². The minimum atomic E-state index is -3.67. The van der Waals surface area contributed by atoms with Crippen molar-refractivity contribution in [1.82, 2.24) is 14.3 Å². The van der Waals surface area contributed by atoms with Crippen molar-refractivity contribution in [2.75, 3.05) is 55.4 Å². The third-order valence-corrected chi connectivity index (χ3v) is 9.02. The van der Waals surface area contributed by atoms with Crippen molar-refractivity contribution in [3.8, 4) is 0 Å². The quantitative estimate of drug-likeness (QED) is 0.465. The Morgan fingerprint density at radius 1 is 1.11 bits per heavy atom. The fraction of sp³-hybridized carbons (Fsp3) is 0.417. The minimum absolute atomic E-state index is 0.151. The number of amides is 1. The average molecular weight is 516 g/mol. The highest BCUT2D eigenvalue weighted by Crippen LogP contribution is 2.33. The molecule has 9 nitrogen and oxygen atoms in total. The van der Waals surface area contributed by atoms with Gasteiger partial charge >= 0.3 is 0 Å². The van der Waals surface area contributed by atoms with Crippen LogP contribution in [0.2, 0.25) is 0 Å².